The number of aromatic amines is 3. The molecule has 0 aromatic carbocycles. The molecule has 8 nitrogen and oxygen atoms in total. The molecule has 4 heterocycles. The van der Waals surface area contributed by atoms with Crippen LogP contribution >= 0.6 is 0 Å². The first kappa shape index (κ1) is 10.7. The molecule has 0 unspecified atom stereocenters. The zero-order chi connectivity index (χ0) is 13.4. The van der Waals surface area contributed by atoms with Gasteiger partial charge in [0.2, 0.25) is 5.95 Å². The van der Waals surface area contributed by atoms with Crippen LogP contribution in [0.4, 0.5) is 11.8 Å². The van der Waals surface area contributed by atoms with Gasteiger partial charge in [0.05, 0.1) is 0 Å². The van der Waals surface area contributed by atoms with E-state index in [9.17, 15) is 0 Å². The summed E-state index contributed by atoms with van der Waals surface area (Å²) in [6.07, 6.45) is 10.2. The maximum Gasteiger partial charge on any atom is 0.228 e. The molecule has 0 fully saturated rings. The number of hydrogen-bond acceptors (Lipinski definition) is 5. The van der Waals surface area contributed by atoms with Crippen LogP contribution in [0.2, 0.25) is 0 Å². The Morgan fingerprint density at radius 2 is 2.10 bits per heavy atom. The van der Waals surface area contributed by atoms with Gasteiger partial charge in [-0.15, -0.1) is 0 Å². The SMILES string of the molecule is [C]1=C(c2cc[nH]n2)N(c2ncc[nH]2)N(c2ccc[nH]2)N1. The van der Waals surface area contributed by atoms with Gasteiger partial charge in [-0.1, -0.05) is 0 Å². The summed E-state index contributed by atoms with van der Waals surface area (Å²) in [5.74, 6) is 1.52. The minimum atomic E-state index is 0.662. The fourth-order valence-electron chi connectivity index (χ4n) is 2.07. The molecule has 0 saturated heterocycles. The molecule has 3 aromatic rings. The Morgan fingerprint density at radius 1 is 1.10 bits per heavy atom. The first-order chi connectivity index (χ1) is 9.93. The maximum atomic E-state index is 4.29. The molecule has 0 saturated carbocycles. The minimum absolute atomic E-state index is 0.662. The van der Waals surface area contributed by atoms with E-state index < -0.39 is 0 Å². The van der Waals surface area contributed by atoms with Gasteiger partial charge in [0, 0.05) is 24.8 Å². The molecule has 4 rings (SSSR count). The number of hydrogen-bond donors (Lipinski definition) is 4. The summed E-state index contributed by atoms with van der Waals surface area (Å²) in [6.45, 7) is 0. The Kier molecular flexibility index (Phi) is 2.25. The lowest BCUT2D eigenvalue weighted by molar-refractivity contribution is 0.758. The molecule has 0 bridgehead atoms. The van der Waals surface area contributed by atoms with E-state index in [4.69, 9.17) is 0 Å². The predicted octanol–water partition coefficient (Wildman–Crippen LogP) is 1.01. The fourth-order valence-corrected chi connectivity index (χ4v) is 2.07. The summed E-state index contributed by atoms with van der Waals surface area (Å²) in [5, 5.41) is 10.6. The van der Waals surface area contributed by atoms with E-state index in [1.807, 2.05) is 29.4 Å². The summed E-state index contributed by atoms with van der Waals surface area (Å²) in [7, 11) is 0. The fraction of sp³-hybridized carbons (Fsp3) is 0. The molecular formula is C12H11N8. The lowest BCUT2D eigenvalue weighted by Gasteiger charge is -2.28. The Bertz CT molecular complexity index is 695. The number of H-pyrrole nitrogens is 3. The normalized spacial score (nSPS) is 14.5. The van der Waals surface area contributed by atoms with Gasteiger partial charge >= 0.3 is 0 Å². The van der Waals surface area contributed by atoms with Crippen LogP contribution < -0.4 is 15.6 Å². The maximum absolute atomic E-state index is 4.29. The summed E-state index contributed by atoms with van der Waals surface area (Å²) in [6, 6.07) is 5.74. The van der Waals surface area contributed by atoms with Crippen LogP contribution in [0.15, 0.2) is 43.0 Å². The van der Waals surface area contributed by atoms with Crippen LogP contribution in [0, 0.1) is 6.20 Å². The standard InChI is InChI=1S/C12H11N8/c1-2-11(13-4-1)20-17-8-10(9-3-5-16-18-9)19(20)12-14-6-7-15-12/h1-7,13,17H,(H,14,15)(H,16,18). The van der Waals surface area contributed by atoms with Crippen molar-refractivity contribution in [2.45, 2.75) is 0 Å². The molecule has 0 aliphatic carbocycles. The van der Waals surface area contributed by atoms with Crippen molar-refractivity contribution in [1.29, 1.82) is 0 Å². The second-order valence-electron chi connectivity index (χ2n) is 4.14. The van der Waals surface area contributed by atoms with Crippen molar-refractivity contribution in [3.63, 3.8) is 0 Å². The van der Waals surface area contributed by atoms with E-state index in [0.717, 1.165) is 17.2 Å². The third-order valence-electron chi connectivity index (χ3n) is 2.93. The van der Waals surface area contributed by atoms with E-state index in [2.05, 4.69) is 36.8 Å². The molecule has 20 heavy (non-hydrogen) atoms. The van der Waals surface area contributed by atoms with Crippen LogP contribution in [0.1, 0.15) is 5.69 Å². The van der Waals surface area contributed by atoms with Crippen molar-refractivity contribution in [3.8, 4) is 0 Å². The monoisotopic (exact) mass is 267 g/mol. The molecule has 8 heteroatoms. The second-order valence-corrected chi connectivity index (χ2v) is 4.14. The topological polar surface area (TPSA) is 91.7 Å². The first-order valence-electron chi connectivity index (χ1n) is 6.05. The number of nitrogens with one attached hydrogen (secondary N) is 4. The highest BCUT2D eigenvalue weighted by molar-refractivity contribution is 5.79. The van der Waals surface area contributed by atoms with Crippen LogP contribution in [0.5, 0.6) is 0 Å². The summed E-state index contributed by atoms with van der Waals surface area (Å²) < 4.78 is 0. The van der Waals surface area contributed by atoms with Gasteiger partial charge in [-0.2, -0.15) is 15.2 Å². The van der Waals surface area contributed by atoms with Gasteiger partial charge < -0.3 is 9.97 Å². The van der Waals surface area contributed by atoms with Gasteiger partial charge in [-0.3, -0.25) is 10.5 Å². The van der Waals surface area contributed by atoms with E-state index >= 15 is 0 Å². The minimum Gasteiger partial charge on any atom is -0.345 e. The number of imidazole rings is 1. The average molecular weight is 267 g/mol. The number of hydrazine groups is 2. The van der Waals surface area contributed by atoms with Crippen LogP contribution in [0.3, 0.4) is 0 Å². The summed E-state index contributed by atoms with van der Waals surface area (Å²) in [5.41, 5.74) is 4.59. The quantitative estimate of drug-likeness (QED) is 0.568. The lowest BCUT2D eigenvalue weighted by Crippen LogP contribution is -2.44. The van der Waals surface area contributed by atoms with E-state index in [1.165, 1.54) is 0 Å². The average Bonchev–Trinajstić information content (AvgIpc) is 3.23. The second kappa shape index (κ2) is 4.19. The zero-order valence-electron chi connectivity index (χ0n) is 10.3. The molecule has 0 spiro atoms. The molecule has 1 aliphatic heterocycles. The number of anilines is 2. The van der Waals surface area contributed by atoms with E-state index in [1.54, 1.807) is 23.7 Å². The van der Waals surface area contributed by atoms with Gasteiger partial charge in [0.25, 0.3) is 0 Å². The third kappa shape index (κ3) is 1.55. The highest BCUT2D eigenvalue weighted by Crippen LogP contribution is 2.29. The Labute approximate surface area is 114 Å². The Hall–Kier alpha value is -3.16. The number of nitrogens with zero attached hydrogens (tertiary/aromatic N) is 4. The van der Waals surface area contributed by atoms with E-state index in [-0.39, 0.29) is 0 Å². The van der Waals surface area contributed by atoms with E-state index in [0.29, 0.717) is 5.95 Å². The van der Waals surface area contributed by atoms with Crippen molar-refractivity contribution >= 4 is 17.5 Å². The van der Waals surface area contributed by atoms with Crippen LogP contribution in [0.25, 0.3) is 5.70 Å². The van der Waals surface area contributed by atoms with Gasteiger partial charge in [0.1, 0.15) is 23.4 Å². The highest BCUT2D eigenvalue weighted by Gasteiger charge is 2.30. The Balaban J connectivity index is 1.78. The summed E-state index contributed by atoms with van der Waals surface area (Å²) >= 11 is 0. The smallest absolute Gasteiger partial charge is 0.228 e. The predicted molar refractivity (Wildman–Crippen MR) is 72.7 cm³/mol. The molecule has 3 aromatic heterocycles. The molecule has 0 amide bonds. The molecule has 1 aliphatic rings. The first-order valence-corrected chi connectivity index (χ1v) is 6.05. The molecule has 1 radical (unpaired) electrons. The highest BCUT2D eigenvalue weighted by atomic mass is 15.8. The molecule has 4 N–H and O–H groups in total. The largest absolute Gasteiger partial charge is 0.345 e. The molecule has 0 atom stereocenters. The molecule has 99 valence electrons. The summed E-state index contributed by atoms with van der Waals surface area (Å²) in [4.78, 5) is 10.5. The van der Waals surface area contributed by atoms with Crippen LogP contribution in [-0.2, 0) is 0 Å². The van der Waals surface area contributed by atoms with Gasteiger partial charge in [-0.25, -0.2) is 4.98 Å². The van der Waals surface area contributed by atoms with Crippen molar-refractivity contribution in [3.05, 3.63) is 54.9 Å². The Morgan fingerprint density at radius 3 is 2.80 bits per heavy atom. The lowest BCUT2D eigenvalue weighted by atomic mass is 10.3. The zero-order valence-corrected chi connectivity index (χ0v) is 10.3. The third-order valence-corrected chi connectivity index (χ3v) is 2.93. The van der Waals surface area contributed by atoms with Crippen molar-refractivity contribution in [1.82, 2.24) is 30.6 Å². The van der Waals surface area contributed by atoms with Crippen molar-refractivity contribution in [2.75, 3.05) is 10.1 Å². The van der Waals surface area contributed by atoms with Crippen molar-refractivity contribution in [2.24, 2.45) is 0 Å². The van der Waals surface area contributed by atoms with Gasteiger partial charge in [0.15, 0.2) is 0 Å². The van der Waals surface area contributed by atoms with Crippen molar-refractivity contribution < 1.29 is 0 Å². The molecular weight excluding hydrogens is 256 g/mol. The van der Waals surface area contributed by atoms with Crippen LogP contribution in [-0.4, -0.2) is 25.1 Å². The number of rotatable bonds is 3. The van der Waals surface area contributed by atoms with Gasteiger partial charge in [-0.05, 0) is 18.2 Å². The number of aromatic nitrogens is 5.